The summed E-state index contributed by atoms with van der Waals surface area (Å²) in [6, 6.07) is 0. The summed E-state index contributed by atoms with van der Waals surface area (Å²) >= 11 is 0. The molecular weight excluding hydrogens is 150 g/mol. The second-order valence-electron chi connectivity index (χ2n) is 1.68. The summed E-state index contributed by atoms with van der Waals surface area (Å²) in [4.78, 5) is 21.7. The molecule has 0 heterocycles. The van der Waals surface area contributed by atoms with E-state index < -0.39 is 0 Å². The first kappa shape index (κ1) is 10.3. The van der Waals surface area contributed by atoms with Crippen LogP contribution >= 0.6 is 0 Å². The van der Waals surface area contributed by atoms with Gasteiger partial charge in [0.15, 0.2) is 0 Å². The molecule has 0 aromatic rings. The molecule has 0 bridgehead atoms. The molecule has 0 aliphatic carbocycles. The van der Waals surface area contributed by atoms with Crippen LogP contribution in [-0.2, 0) is 19.6 Å². The van der Waals surface area contributed by atoms with Gasteiger partial charge in [0.2, 0.25) is 6.08 Å². The molecule has 0 aromatic heterocycles. The number of carbonyl (C=O) groups excluding carboxylic acids is 1. The molecule has 11 heavy (non-hydrogen) atoms. The molecule has 0 rings (SSSR count). The highest BCUT2D eigenvalue weighted by molar-refractivity contribution is 5.32. The predicted octanol–water partition coefficient (Wildman–Crippen LogP) is 0.612. The van der Waals surface area contributed by atoms with E-state index in [-0.39, 0.29) is 13.2 Å². The highest BCUT2D eigenvalue weighted by Gasteiger charge is 1.87. The van der Waals surface area contributed by atoms with Crippen molar-refractivity contribution in [2.75, 3.05) is 19.8 Å². The zero-order chi connectivity index (χ0) is 8.36. The number of hydrogen-bond acceptors (Lipinski definition) is 5. The topological polar surface area (TPSA) is 57.1 Å². The van der Waals surface area contributed by atoms with E-state index in [1.54, 1.807) is 0 Å². The van der Waals surface area contributed by atoms with Crippen LogP contribution in [0.15, 0.2) is 4.99 Å². The molecule has 64 valence electrons. The Bertz CT molecular complexity index is 122. The van der Waals surface area contributed by atoms with Gasteiger partial charge in [0.05, 0.1) is 13.2 Å². The van der Waals surface area contributed by atoms with Gasteiger partial charge in [-0.3, -0.25) is 0 Å². The van der Waals surface area contributed by atoms with Gasteiger partial charge in [-0.1, -0.05) is 12.0 Å². The first-order valence-corrected chi connectivity index (χ1v) is 3.36. The van der Waals surface area contributed by atoms with Gasteiger partial charge in [-0.05, 0) is 6.42 Å². The summed E-state index contributed by atoms with van der Waals surface area (Å²) in [6.45, 7) is 2.86. The average molecular weight is 161 g/mol. The second kappa shape index (κ2) is 9.26. The summed E-state index contributed by atoms with van der Waals surface area (Å²) in [6.07, 6.45) is 2.23. The third kappa shape index (κ3) is 9.26. The Morgan fingerprint density at radius 3 is 2.73 bits per heavy atom. The van der Waals surface area contributed by atoms with E-state index in [2.05, 4.69) is 19.8 Å². The average Bonchev–Trinajstić information content (AvgIpc) is 2.03. The minimum absolute atomic E-state index is 0.193. The van der Waals surface area contributed by atoms with Crippen LogP contribution in [-0.4, -0.2) is 25.8 Å². The normalized spacial score (nSPS) is 9.18. The molecule has 0 unspecified atom stereocenters. The van der Waals surface area contributed by atoms with Gasteiger partial charge in [-0.25, -0.2) is 19.6 Å². The molecule has 5 heteroatoms. The summed E-state index contributed by atoms with van der Waals surface area (Å²) < 4.78 is 0. The van der Waals surface area contributed by atoms with Crippen molar-refractivity contribution in [2.24, 2.45) is 4.99 Å². The quantitative estimate of drug-likeness (QED) is 0.180. The van der Waals surface area contributed by atoms with Gasteiger partial charge in [0, 0.05) is 0 Å². The Hall–Kier alpha value is -0.740. The molecule has 0 saturated heterocycles. The molecule has 0 aromatic carbocycles. The molecule has 0 radical (unpaired) electrons. The molecule has 0 aliphatic rings. The van der Waals surface area contributed by atoms with Crippen LogP contribution in [0.3, 0.4) is 0 Å². The number of aliphatic imine (C=N–C) groups is 1. The van der Waals surface area contributed by atoms with Crippen molar-refractivity contribution in [2.45, 2.75) is 13.3 Å². The van der Waals surface area contributed by atoms with Crippen molar-refractivity contribution in [3.05, 3.63) is 0 Å². The Balaban J connectivity index is 2.84. The van der Waals surface area contributed by atoms with Crippen LogP contribution in [0.4, 0.5) is 0 Å². The molecule has 0 saturated carbocycles. The van der Waals surface area contributed by atoms with Crippen LogP contribution in [0.5, 0.6) is 0 Å². The lowest BCUT2D eigenvalue weighted by atomic mass is 10.5. The maximum atomic E-state index is 9.52. The van der Waals surface area contributed by atoms with E-state index in [1.165, 1.54) is 6.08 Å². The summed E-state index contributed by atoms with van der Waals surface area (Å²) in [7, 11) is 0. The van der Waals surface area contributed by atoms with Gasteiger partial charge >= 0.3 is 0 Å². The molecule has 0 aliphatic heterocycles. The van der Waals surface area contributed by atoms with Crippen LogP contribution in [0.2, 0.25) is 0 Å². The first-order chi connectivity index (χ1) is 5.41. The van der Waals surface area contributed by atoms with E-state index in [0.717, 1.165) is 6.42 Å². The van der Waals surface area contributed by atoms with Crippen molar-refractivity contribution in [1.82, 2.24) is 0 Å². The lowest BCUT2D eigenvalue weighted by Crippen LogP contribution is -2.01. The van der Waals surface area contributed by atoms with Gasteiger partial charge in [0.25, 0.3) is 0 Å². The van der Waals surface area contributed by atoms with E-state index >= 15 is 0 Å². The van der Waals surface area contributed by atoms with Gasteiger partial charge in [0.1, 0.15) is 6.61 Å². The fourth-order valence-corrected chi connectivity index (χ4v) is 0.314. The molecule has 0 fully saturated rings. The van der Waals surface area contributed by atoms with E-state index in [4.69, 9.17) is 0 Å². The molecule has 0 amide bonds. The van der Waals surface area contributed by atoms with Crippen molar-refractivity contribution in [3.63, 3.8) is 0 Å². The SMILES string of the molecule is CCCOOOCCN=C=O. The Morgan fingerprint density at radius 2 is 2.09 bits per heavy atom. The number of isocyanates is 1. The minimum Gasteiger partial charge on any atom is -0.211 e. The van der Waals surface area contributed by atoms with Gasteiger partial charge < -0.3 is 0 Å². The molecule has 0 atom stereocenters. The van der Waals surface area contributed by atoms with Crippen LogP contribution in [0.25, 0.3) is 0 Å². The smallest absolute Gasteiger partial charge is 0.211 e. The molecular formula is C6H11NO4. The zero-order valence-corrected chi connectivity index (χ0v) is 6.41. The Morgan fingerprint density at radius 1 is 1.36 bits per heavy atom. The van der Waals surface area contributed by atoms with Crippen LogP contribution < -0.4 is 0 Å². The summed E-state index contributed by atoms with van der Waals surface area (Å²) in [5.41, 5.74) is 0. The fraction of sp³-hybridized carbons (Fsp3) is 0.833. The van der Waals surface area contributed by atoms with Crippen LogP contribution in [0.1, 0.15) is 13.3 Å². The first-order valence-electron chi connectivity index (χ1n) is 3.36. The third-order valence-corrected chi connectivity index (χ3v) is 0.735. The fourth-order valence-electron chi connectivity index (χ4n) is 0.314. The Kier molecular flexibility index (Phi) is 8.64. The van der Waals surface area contributed by atoms with E-state index in [9.17, 15) is 4.79 Å². The maximum absolute atomic E-state index is 9.52. The number of rotatable bonds is 7. The van der Waals surface area contributed by atoms with Gasteiger partial charge in [-0.2, -0.15) is 0 Å². The molecule has 5 nitrogen and oxygen atoms in total. The minimum atomic E-state index is 0.193. The van der Waals surface area contributed by atoms with Gasteiger partial charge in [-0.15, -0.1) is 0 Å². The van der Waals surface area contributed by atoms with Crippen molar-refractivity contribution in [3.8, 4) is 0 Å². The Labute approximate surface area is 64.8 Å². The van der Waals surface area contributed by atoms with Crippen molar-refractivity contribution < 1.29 is 19.6 Å². The van der Waals surface area contributed by atoms with Crippen molar-refractivity contribution >= 4 is 6.08 Å². The van der Waals surface area contributed by atoms with Crippen LogP contribution in [0, 0.1) is 0 Å². The third-order valence-electron chi connectivity index (χ3n) is 0.735. The largest absolute Gasteiger partial charge is 0.235 e. The molecule has 0 spiro atoms. The van der Waals surface area contributed by atoms with Crippen molar-refractivity contribution in [1.29, 1.82) is 0 Å². The number of nitrogens with zero attached hydrogens (tertiary/aromatic N) is 1. The maximum Gasteiger partial charge on any atom is 0.235 e. The standard InChI is InChI=1S/C6H11NO4/c1-2-4-9-11-10-5-3-7-6-8/h2-5H2,1H3. The highest BCUT2D eigenvalue weighted by atomic mass is 17.5. The lowest BCUT2D eigenvalue weighted by molar-refractivity contribution is -0.511. The monoisotopic (exact) mass is 161 g/mol. The zero-order valence-electron chi connectivity index (χ0n) is 6.41. The predicted molar refractivity (Wildman–Crippen MR) is 36.3 cm³/mol. The molecule has 0 N–H and O–H groups in total. The summed E-state index contributed by atoms with van der Waals surface area (Å²) in [5, 5.41) is 4.23. The highest BCUT2D eigenvalue weighted by Crippen LogP contribution is 1.84. The second-order valence-corrected chi connectivity index (χ2v) is 1.68. The van der Waals surface area contributed by atoms with E-state index in [1.807, 2.05) is 6.92 Å². The summed E-state index contributed by atoms with van der Waals surface area (Å²) in [5.74, 6) is 0. The lowest BCUT2D eigenvalue weighted by Gasteiger charge is -1.98. The number of hydrogen-bond donors (Lipinski definition) is 0. The van der Waals surface area contributed by atoms with E-state index in [0.29, 0.717) is 6.61 Å².